The Morgan fingerprint density at radius 1 is 0.952 bits per heavy atom. The summed E-state index contributed by atoms with van der Waals surface area (Å²) in [6.07, 6.45) is 0. The molecule has 2 nitrogen and oxygen atoms in total. The molecule has 0 aliphatic heterocycles. The van der Waals surface area contributed by atoms with E-state index in [1.54, 1.807) is 7.11 Å². The minimum atomic E-state index is -1.48. The molecule has 0 aliphatic carbocycles. The van der Waals surface area contributed by atoms with E-state index in [2.05, 4.69) is 0 Å². The quantitative estimate of drug-likeness (QED) is 0.815. The Bertz CT molecular complexity index is 526. The number of aliphatic hydroxyl groups excluding tert-OH is 1. The van der Waals surface area contributed by atoms with E-state index in [-0.39, 0.29) is 6.61 Å². The van der Waals surface area contributed by atoms with Gasteiger partial charge in [-0.2, -0.15) is 0 Å². The Hall–Kier alpha value is -0.930. The van der Waals surface area contributed by atoms with Gasteiger partial charge in [0.25, 0.3) is 0 Å². The van der Waals surface area contributed by atoms with Crippen LogP contribution in [0.15, 0.2) is 48.5 Å². The maximum atomic E-state index is 9.11. The Morgan fingerprint density at radius 3 is 1.81 bits per heavy atom. The third-order valence-corrected chi connectivity index (χ3v) is 3.93. The first-order valence-electron chi connectivity index (χ1n) is 6.36. The fraction of sp³-hybridized carbons (Fsp3) is 0.250. The smallest absolute Gasteiger partial charge is 0.201 e. The molecule has 0 amide bonds. The van der Waals surface area contributed by atoms with Crippen molar-refractivity contribution in [2.75, 3.05) is 7.11 Å². The summed E-state index contributed by atoms with van der Waals surface area (Å²) in [5.41, 5.74) is 2.57. The normalized spacial score (nSPS) is 13.0. The van der Waals surface area contributed by atoms with Crippen LogP contribution < -0.4 is 4.74 Å². The molecule has 0 aromatic heterocycles. The molecule has 0 bridgehead atoms. The number of aliphatic hydroxyl groups is 1. The van der Waals surface area contributed by atoms with Gasteiger partial charge in [0.2, 0.25) is 3.79 Å². The van der Waals surface area contributed by atoms with Crippen LogP contribution in [0.3, 0.4) is 0 Å². The summed E-state index contributed by atoms with van der Waals surface area (Å²) in [7, 11) is 1.61. The molecule has 5 heteroatoms. The number of ether oxygens (including phenoxy) is 1. The van der Waals surface area contributed by atoms with Crippen LogP contribution in [0, 0.1) is 0 Å². The van der Waals surface area contributed by atoms with E-state index in [1.807, 2.05) is 48.5 Å². The van der Waals surface area contributed by atoms with E-state index in [4.69, 9.17) is 44.6 Å². The summed E-state index contributed by atoms with van der Waals surface area (Å²) in [5.74, 6) is 0.346. The molecular formula is C16H15Cl3O2. The number of methoxy groups -OCH3 is 1. The lowest BCUT2D eigenvalue weighted by Crippen LogP contribution is -2.18. The summed E-state index contributed by atoms with van der Waals surface area (Å²) < 4.78 is 3.67. The monoisotopic (exact) mass is 344 g/mol. The van der Waals surface area contributed by atoms with Crippen LogP contribution in [0.4, 0.5) is 0 Å². The molecule has 112 valence electrons. The van der Waals surface area contributed by atoms with Gasteiger partial charge in [-0.3, -0.25) is 0 Å². The molecule has 21 heavy (non-hydrogen) atoms. The maximum Gasteiger partial charge on any atom is 0.201 e. The second-order valence-corrected chi connectivity index (χ2v) is 7.02. The zero-order chi connectivity index (χ0) is 15.5. The highest BCUT2D eigenvalue weighted by Crippen LogP contribution is 2.45. The van der Waals surface area contributed by atoms with Gasteiger partial charge in [-0.1, -0.05) is 71.2 Å². The third-order valence-electron chi connectivity index (χ3n) is 3.27. The van der Waals surface area contributed by atoms with Crippen LogP contribution in [-0.2, 0) is 6.61 Å². The van der Waals surface area contributed by atoms with Gasteiger partial charge < -0.3 is 9.84 Å². The highest BCUT2D eigenvalue weighted by molar-refractivity contribution is 6.68. The van der Waals surface area contributed by atoms with Crippen molar-refractivity contribution >= 4 is 34.8 Å². The van der Waals surface area contributed by atoms with Crippen molar-refractivity contribution < 1.29 is 9.84 Å². The van der Waals surface area contributed by atoms with E-state index in [0.717, 1.165) is 22.4 Å². The first-order chi connectivity index (χ1) is 9.95. The molecular weight excluding hydrogens is 331 g/mol. The average molecular weight is 346 g/mol. The van der Waals surface area contributed by atoms with Gasteiger partial charge in [0.1, 0.15) is 5.75 Å². The number of benzene rings is 2. The molecule has 0 spiro atoms. The van der Waals surface area contributed by atoms with Gasteiger partial charge in [0, 0.05) is 0 Å². The summed E-state index contributed by atoms with van der Waals surface area (Å²) in [6.45, 7) is -0.0126. The van der Waals surface area contributed by atoms with Crippen molar-refractivity contribution in [1.29, 1.82) is 0 Å². The predicted octanol–water partition coefficient (Wildman–Crippen LogP) is 4.69. The van der Waals surface area contributed by atoms with Gasteiger partial charge >= 0.3 is 0 Å². The minimum Gasteiger partial charge on any atom is -0.497 e. The standard InChI is InChI=1S/C16H15Cl3O2/c1-21-14-8-6-13(7-9-14)15(16(17,18)19)12-4-2-11(10-20)3-5-12/h2-9,15,20H,10H2,1H3. The molecule has 0 heterocycles. The zero-order valence-corrected chi connectivity index (χ0v) is 13.7. The van der Waals surface area contributed by atoms with Crippen molar-refractivity contribution in [3.8, 4) is 5.75 Å². The van der Waals surface area contributed by atoms with E-state index < -0.39 is 9.71 Å². The summed E-state index contributed by atoms with van der Waals surface area (Å²) in [5, 5.41) is 9.11. The average Bonchev–Trinajstić information content (AvgIpc) is 2.47. The van der Waals surface area contributed by atoms with Crippen molar-refractivity contribution in [2.24, 2.45) is 0 Å². The van der Waals surface area contributed by atoms with Gasteiger partial charge in [0.15, 0.2) is 0 Å². The fourth-order valence-electron chi connectivity index (χ4n) is 2.18. The Balaban J connectivity index is 2.41. The molecule has 1 N–H and O–H groups in total. The first-order valence-corrected chi connectivity index (χ1v) is 7.49. The second-order valence-electron chi connectivity index (χ2n) is 4.65. The first kappa shape index (κ1) is 16.4. The molecule has 1 unspecified atom stereocenters. The zero-order valence-electron chi connectivity index (χ0n) is 11.4. The Kier molecular flexibility index (Phi) is 5.39. The predicted molar refractivity (Wildman–Crippen MR) is 87.5 cm³/mol. The van der Waals surface area contributed by atoms with Crippen molar-refractivity contribution in [3.05, 3.63) is 65.2 Å². The van der Waals surface area contributed by atoms with Crippen LogP contribution in [0.2, 0.25) is 0 Å². The van der Waals surface area contributed by atoms with E-state index in [1.165, 1.54) is 0 Å². The molecule has 1 atom stereocenters. The van der Waals surface area contributed by atoms with Crippen LogP contribution in [0.1, 0.15) is 22.6 Å². The lowest BCUT2D eigenvalue weighted by atomic mass is 9.92. The van der Waals surface area contributed by atoms with Gasteiger partial charge in [-0.25, -0.2) is 0 Å². The lowest BCUT2D eigenvalue weighted by molar-refractivity contribution is 0.282. The number of alkyl halides is 3. The Morgan fingerprint density at radius 2 is 1.43 bits per heavy atom. The highest BCUT2D eigenvalue weighted by Gasteiger charge is 2.35. The number of rotatable bonds is 4. The van der Waals surface area contributed by atoms with E-state index >= 15 is 0 Å². The molecule has 2 aromatic carbocycles. The topological polar surface area (TPSA) is 29.5 Å². The van der Waals surface area contributed by atoms with Crippen molar-refractivity contribution in [1.82, 2.24) is 0 Å². The van der Waals surface area contributed by atoms with Gasteiger partial charge in [-0.05, 0) is 28.8 Å². The number of halogens is 3. The summed E-state index contributed by atoms with van der Waals surface area (Å²) in [6, 6.07) is 14.8. The molecule has 0 saturated heterocycles. The van der Waals surface area contributed by atoms with Crippen LogP contribution in [0.25, 0.3) is 0 Å². The Labute approximate surface area is 139 Å². The highest BCUT2D eigenvalue weighted by atomic mass is 35.6. The molecule has 0 saturated carbocycles. The van der Waals surface area contributed by atoms with Crippen molar-refractivity contribution in [3.63, 3.8) is 0 Å². The molecule has 2 rings (SSSR count). The maximum absolute atomic E-state index is 9.11. The van der Waals surface area contributed by atoms with Crippen LogP contribution in [0.5, 0.6) is 5.75 Å². The third kappa shape index (κ3) is 4.04. The molecule has 0 radical (unpaired) electrons. The van der Waals surface area contributed by atoms with Gasteiger partial charge in [-0.15, -0.1) is 0 Å². The largest absolute Gasteiger partial charge is 0.497 e. The number of hydrogen-bond donors (Lipinski definition) is 1. The summed E-state index contributed by atoms with van der Waals surface area (Å²) in [4.78, 5) is 0. The fourth-order valence-corrected chi connectivity index (χ4v) is 2.94. The lowest BCUT2D eigenvalue weighted by Gasteiger charge is -2.25. The van der Waals surface area contributed by atoms with Crippen LogP contribution >= 0.6 is 34.8 Å². The minimum absolute atomic E-state index is 0.0126. The van der Waals surface area contributed by atoms with Crippen molar-refractivity contribution in [2.45, 2.75) is 16.3 Å². The van der Waals surface area contributed by atoms with Crippen LogP contribution in [-0.4, -0.2) is 16.0 Å². The second kappa shape index (κ2) is 6.89. The van der Waals surface area contributed by atoms with E-state index in [9.17, 15) is 0 Å². The molecule has 2 aromatic rings. The number of hydrogen-bond acceptors (Lipinski definition) is 2. The SMILES string of the molecule is COc1ccc(C(c2ccc(CO)cc2)C(Cl)(Cl)Cl)cc1. The van der Waals surface area contributed by atoms with Gasteiger partial charge in [0.05, 0.1) is 19.6 Å². The summed E-state index contributed by atoms with van der Waals surface area (Å²) >= 11 is 18.5. The van der Waals surface area contributed by atoms with E-state index in [0.29, 0.717) is 0 Å². The molecule has 0 aliphatic rings. The molecule has 0 fully saturated rings.